The standard InChI is InChI=1S/C9H9BrClFO2S/c1-15(13,14)5-8(11)6-2-3-9(12)7(10)4-6/h2-4,8H,5H2,1H3. The lowest BCUT2D eigenvalue weighted by molar-refractivity contribution is 0.600. The molecule has 0 aromatic heterocycles. The van der Waals surface area contributed by atoms with E-state index in [1.54, 1.807) is 0 Å². The third-order valence-electron chi connectivity index (χ3n) is 1.75. The first-order chi connectivity index (χ1) is 6.79. The van der Waals surface area contributed by atoms with Crippen molar-refractivity contribution < 1.29 is 12.8 Å². The van der Waals surface area contributed by atoms with Crippen LogP contribution in [-0.4, -0.2) is 20.4 Å². The first-order valence-corrected chi connectivity index (χ1v) is 7.35. The summed E-state index contributed by atoms with van der Waals surface area (Å²) >= 11 is 8.90. The van der Waals surface area contributed by atoms with Crippen LogP contribution in [0.25, 0.3) is 0 Å². The summed E-state index contributed by atoms with van der Waals surface area (Å²) in [6, 6.07) is 4.21. The Morgan fingerprint density at radius 3 is 2.60 bits per heavy atom. The Morgan fingerprint density at radius 2 is 2.13 bits per heavy atom. The maximum atomic E-state index is 12.9. The van der Waals surface area contributed by atoms with E-state index in [0.29, 0.717) is 5.56 Å². The summed E-state index contributed by atoms with van der Waals surface area (Å²) in [5, 5.41) is -0.656. The molecule has 0 heterocycles. The number of hydrogen-bond acceptors (Lipinski definition) is 2. The Labute approximate surface area is 101 Å². The van der Waals surface area contributed by atoms with Crippen LogP contribution in [0, 0.1) is 5.82 Å². The lowest BCUT2D eigenvalue weighted by Crippen LogP contribution is -2.08. The maximum Gasteiger partial charge on any atom is 0.149 e. The quantitative estimate of drug-likeness (QED) is 0.804. The van der Waals surface area contributed by atoms with Gasteiger partial charge in [0.05, 0.1) is 15.6 Å². The van der Waals surface area contributed by atoms with E-state index in [1.165, 1.54) is 18.2 Å². The third kappa shape index (κ3) is 4.09. The summed E-state index contributed by atoms with van der Waals surface area (Å²) in [7, 11) is -3.14. The Morgan fingerprint density at radius 1 is 1.53 bits per heavy atom. The maximum absolute atomic E-state index is 12.9. The van der Waals surface area contributed by atoms with Gasteiger partial charge in [-0.15, -0.1) is 11.6 Å². The Hall–Kier alpha value is -0.130. The molecule has 0 N–H and O–H groups in total. The van der Waals surface area contributed by atoms with Crippen molar-refractivity contribution in [3.63, 3.8) is 0 Å². The van der Waals surface area contributed by atoms with Gasteiger partial charge in [-0.2, -0.15) is 0 Å². The van der Waals surface area contributed by atoms with Crippen LogP contribution in [0.4, 0.5) is 4.39 Å². The molecule has 0 spiro atoms. The van der Waals surface area contributed by atoms with Crippen molar-refractivity contribution in [2.75, 3.05) is 12.0 Å². The predicted molar refractivity (Wildman–Crippen MR) is 62.4 cm³/mol. The number of sulfone groups is 1. The van der Waals surface area contributed by atoms with Gasteiger partial charge >= 0.3 is 0 Å². The summed E-state index contributed by atoms with van der Waals surface area (Å²) in [6.07, 6.45) is 1.11. The van der Waals surface area contributed by atoms with Crippen LogP contribution >= 0.6 is 27.5 Å². The average molecular weight is 316 g/mol. The molecule has 84 valence electrons. The molecular formula is C9H9BrClFO2S. The van der Waals surface area contributed by atoms with E-state index >= 15 is 0 Å². The zero-order valence-corrected chi connectivity index (χ0v) is 11.0. The zero-order chi connectivity index (χ0) is 11.6. The predicted octanol–water partition coefficient (Wildman–Crippen LogP) is 2.91. The molecule has 0 saturated heterocycles. The van der Waals surface area contributed by atoms with Crippen LogP contribution in [-0.2, 0) is 9.84 Å². The van der Waals surface area contributed by atoms with Gasteiger partial charge in [-0.05, 0) is 33.6 Å². The number of hydrogen-bond donors (Lipinski definition) is 0. The van der Waals surface area contributed by atoms with Crippen LogP contribution in [0.2, 0.25) is 0 Å². The van der Waals surface area contributed by atoms with E-state index in [0.717, 1.165) is 6.26 Å². The van der Waals surface area contributed by atoms with Crippen LogP contribution in [0.3, 0.4) is 0 Å². The molecule has 0 aliphatic heterocycles. The molecule has 0 aliphatic carbocycles. The van der Waals surface area contributed by atoms with E-state index < -0.39 is 21.0 Å². The third-order valence-corrected chi connectivity index (χ3v) is 3.89. The molecule has 2 nitrogen and oxygen atoms in total. The highest BCUT2D eigenvalue weighted by molar-refractivity contribution is 9.10. The minimum Gasteiger partial charge on any atom is -0.229 e. The highest BCUT2D eigenvalue weighted by Crippen LogP contribution is 2.26. The molecular weight excluding hydrogens is 307 g/mol. The summed E-state index contributed by atoms with van der Waals surface area (Å²) in [5.41, 5.74) is 0.579. The van der Waals surface area contributed by atoms with Gasteiger partial charge in [-0.3, -0.25) is 0 Å². The highest BCUT2D eigenvalue weighted by Gasteiger charge is 2.15. The second-order valence-corrected chi connectivity index (χ2v) is 6.80. The van der Waals surface area contributed by atoms with Crippen molar-refractivity contribution in [1.82, 2.24) is 0 Å². The fourth-order valence-electron chi connectivity index (χ4n) is 1.07. The molecule has 1 aromatic rings. The molecule has 0 saturated carbocycles. The van der Waals surface area contributed by atoms with E-state index in [2.05, 4.69) is 15.9 Å². The van der Waals surface area contributed by atoms with Gasteiger partial charge in [0.15, 0.2) is 0 Å². The monoisotopic (exact) mass is 314 g/mol. The molecule has 0 radical (unpaired) electrons. The topological polar surface area (TPSA) is 34.1 Å². The minimum absolute atomic E-state index is 0.160. The molecule has 1 unspecified atom stereocenters. The summed E-state index contributed by atoms with van der Waals surface area (Å²) < 4.78 is 35.2. The van der Waals surface area contributed by atoms with Gasteiger partial charge < -0.3 is 0 Å². The Kier molecular flexibility index (Phi) is 4.14. The van der Waals surface area contributed by atoms with Gasteiger partial charge in [0.2, 0.25) is 0 Å². The van der Waals surface area contributed by atoms with Crippen molar-refractivity contribution in [2.24, 2.45) is 0 Å². The normalized spacial score (nSPS) is 13.9. The molecule has 0 aliphatic rings. The summed E-state index contributed by atoms with van der Waals surface area (Å²) in [4.78, 5) is 0. The van der Waals surface area contributed by atoms with Crippen molar-refractivity contribution in [1.29, 1.82) is 0 Å². The van der Waals surface area contributed by atoms with Gasteiger partial charge in [0.25, 0.3) is 0 Å². The van der Waals surface area contributed by atoms with Gasteiger partial charge in [-0.1, -0.05) is 6.07 Å². The van der Waals surface area contributed by atoms with Crippen LogP contribution in [0.15, 0.2) is 22.7 Å². The summed E-state index contributed by atoms with van der Waals surface area (Å²) in [6.45, 7) is 0. The molecule has 15 heavy (non-hydrogen) atoms. The highest BCUT2D eigenvalue weighted by atomic mass is 79.9. The number of benzene rings is 1. The lowest BCUT2D eigenvalue weighted by atomic mass is 10.2. The van der Waals surface area contributed by atoms with Crippen molar-refractivity contribution >= 4 is 37.4 Å². The fourth-order valence-corrected chi connectivity index (χ4v) is 3.01. The molecule has 1 atom stereocenters. The Bertz CT molecular complexity index is 461. The number of rotatable bonds is 3. The van der Waals surface area contributed by atoms with E-state index in [4.69, 9.17) is 11.6 Å². The second-order valence-electron chi connectivity index (χ2n) is 3.23. The smallest absolute Gasteiger partial charge is 0.149 e. The first kappa shape index (κ1) is 12.9. The summed E-state index contributed by atoms with van der Waals surface area (Å²) in [5.74, 6) is -0.561. The minimum atomic E-state index is -3.14. The molecule has 6 heteroatoms. The Balaban J connectivity index is 2.92. The van der Waals surface area contributed by atoms with Crippen molar-refractivity contribution in [3.05, 3.63) is 34.1 Å². The fraction of sp³-hybridized carbons (Fsp3) is 0.333. The van der Waals surface area contributed by atoms with E-state index in [-0.39, 0.29) is 10.2 Å². The molecule has 0 amide bonds. The van der Waals surface area contributed by atoms with Gasteiger partial charge in [0.1, 0.15) is 15.7 Å². The van der Waals surface area contributed by atoms with E-state index in [1.807, 2.05) is 0 Å². The van der Waals surface area contributed by atoms with Crippen molar-refractivity contribution in [3.8, 4) is 0 Å². The lowest BCUT2D eigenvalue weighted by Gasteiger charge is -2.08. The molecule has 1 aromatic carbocycles. The number of alkyl halides is 1. The van der Waals surface area contributed by atoms with Crippen molar-refractivity contribution in [2.45, 2.75) is 5.38 Å². The number of halogens is 3. The molecule has 0 bridgehead atoms. The van der Waals surface area contributed by atoms with Gasteiger partial charge in [-0.25, -0.2) is 12.8 Å². The molecule has 1 rings (SSSR count). The molecule has 0 fully saturated rings. The van der Waals surface area contributed by atoms with Gasteiger partial charge in [0, 0.05) is 6.26 Å². The zero-order valence-electron chi connectivity index (χ0n) is 7.88. The van der Waals surface area contributed by atoms with E-state index in [9.17, 15) is 12.8 Å². The van der Waals surface area contributed by atoms with Crippen LogP contribution < -0.4 is 0 Å². The second kappa shape index (κ2) is 4.80. The largest absolute Gasteiger partial charge is 0.229 e. The first-order valence-electron chi connectivity index (χ1n) is 4.06. The average Bonchev–Trinajstić information content (AvgIpc) is 2.06. The van der Waals surface area contributed by atoms with Crippen LogP contribution in [0.5, 0.6) is 0 Å². The SMILES string of the molecule is CS(=O)(=O)CC(Cl)c1ccc(F)c(Br)c1. The van der Waals surface area contributed by atoms with Crippen LogP contribution in [0.1, 0.15) is 10.9 Å².